The number of esters is 1. The predicted molar refractivity (Wildman–Crippen MR) is 106 cm³/mol. The molecule has 1 unspecified atom stereocenters. The maximum absolute atomic E-state index is 11.3. The van der Waals surface area contributed by atoms with Crippen molar-refractivity contribution < 1.29 is 9.53 Å². The third-order valence-corrected chi connectivity index (χ3v) is 5.30. The van der Waals surface area contributed by atoms with Gasteiger partial charge in [0.2, 0.25) is 0 Å². The van der Waals surface area contributed by atoms with Crippen molar-refractivity contribution in [2.75, 3.05) is 11.9 Å². The second-order valence-electron chi connectivity index (χ2n) is 7.95. The second kappa shape index (κ2) is 9.07. The van der Waals surface area contributed by atoms with Crippen molar-refractivity contribution in [3.05, 3.63) is 35.9 Å². The van der Waals surface area contributed by atoms with Gasteiger partial charge < -0.3 is 10.1 Å². The van der Waals surface area contributed by atoms with E-state index in [1.165, 1.54) is 38.2 Å². The molecule has 1 aromatic carbocycles. The zero-order valence-electron chi connectivity index (χ0n) is 16.2. The lowest BCUT2D eigenvalue weighted by molar-refractivity contribution is -0.137. The van der Waals surface area contributed by atoms with E-state index >= 15 is 0 Å². The van der Waals surface area contributed by atoms with Gasteiger partial charge in [0, 0.05) is 17.8 Å². The van der Waals surface area contributed by atoms with Crippen LogP contribution in [0, 0.1) is 11.3 Å². The minimum absolute atomic E-state index is 0.298. The van der Waals surface area contributed by atoms with Crippen LogP contribution in [0.25, 0.3) is 6.08 Å². The summed E-state index contributed by atoms with van der Waals surface area (Å²) in [7, 11) is 0. The summed E-state index contributed by atoms with van der Waals surface area (Å²) in [5, 5.41) is 3.62. The Morgan fingerprint density at radius 3 is 2.56 bits per heavy atom. The quantitative estimate of drug-likeness (QED) is 0.512. The van der Waals surface area contributed by atoms with Crippen LogP contribution in [0.5, 0.6) is 0 Å². The van der Waals surface area contributed by atoms with E-state index in [0.29, 0.717) is 18.1 Å². The summed E-state index contributed by atoms with van der Waals surface area (Å²) in [5.41, 5.74) is 2.61. The van der Waals surface area contributed by atoms with Crippen LogP contribution in [-0.2, 0) is 9.53 Å². The number of carbonyl (C=O) groups is 1. The van der Waals surface area contributed by atoms with Crippen molar-refractivity contribution in [1.82, 2.24) is 0 Å². The summed E-state index contributed by atoms with van der Waals surface area (Å²) in [6.07, 6.45) is 9.89. The Morgan fingerprint density at radius 1 is 1.32 bits per heavy atom. The highest BCUT2D eigenvalue weighted by atomic mass is 16.5. The molecule has 1 N–H and O–H groups in total. The Kier molecular flexibility index (Phi) is 7.10. The van der Waals surface area contributed by atoms with E-state index in [2.05, 4.69) is 38.2 Å². The van der Waals surface area contributed by atoms with Crippen molar-refractivity contribution in [1.29, 1.82) is 0 Å². The van der Waals surface area contributed by atoms with Crippen LogP contribution in [-0.4, -0.2) is 18.6 Å². The largest absolute Gasteiger partial charge is 0.463 e. The molecule has 3 heteroatoms. The summed E-state index contributed by atoms with van der Waals surface area (Å²) >= 11 is 0. The number of hydrogen-bond donors (Lipinski definition) is 1. The molecular weight excluding hydrogens is 310 g/mol. The average molecular weight is 344 g/mol. The molecule has 1 aliphatic carbocycles. The zero-order valence-corrected chi connectivity index (χ0v) is 16.2. The molecule has 0 heterocycles. The van der Waals surface area contributed by atoms with Gasteiger partial charge in [0.05, 0.1) is 6.61 Å². The smallest absolute Gasteiger partial charge is 0.330 e. The first-order valence-electron chi connectivity index (χ1n) is 9.61. The summed E-state index contributed by atoms with van der Waals surface area (Å²) < 4.78 is 4.89. The highest BCUT2D eigenvalue weighted by Crippen LogP contribution is 2.42. The Balaban J connectivity index is 1.85. The molecule has 138 valence electrons. The topological polar surface area (TPSA) is 38.3 Å². The van der Waals surface area contributed by atoms with Gasteiger partial charge in [0.1, 0.15) is 0 Å². The molecule has 0 radical (unpaired) electrons. The van der Waals surface area contributed by atoms with E-state index < -0.39 is 0 Å². The lowest BCUT2D eigenvalue weighted by Gasteiger charge is -2.38. The molecule has 25 heavy (non-hydrogen) atoms. The Morgan fingerprint density at radius 2 is 1.96 bits per heavy atom. The fourth-order valence-corrected chi connectivity index (χ4v) is 3.78. The van der Waals surface area contributed by atoms with Crippen LogP contribution < -0.4 is 5.32 Å². The van der Waals surface area contributed by atoms with Crippen LogP contribution in [0.15, 0.2) is 30.3 Å². The van der Waals surface area contributed by atoms with Gasteiger partial charge in [-0.25, -0.2) is 4.79 Å². The molecule has 0 saturated heterocycles. The van der Waals surface area contributed by atoms with Crippen LogP contribution >= 0.6 is 0 Å². The zero-order chi connectivity index (χ0) is 18.3. The van der Waals surface area contributed by atoms with Crippen molar-refractivity contribution in [3.63, 3.8) is 0 Å². The molecule has 0 spiro atoms. The fourth-order valence-electron chi connectivity index (χ4n) is 3.78. The van der Waals surface area contributed by atoms with Crippen LogP contribution in [0.4, 0.5) is 5.69 Å². The van der Waals surface area contributed by atoms with Crippen molar-refractivity contribution >= 4 is 17.7 Å². The summed E-state index contributed by atoms with van der Waals surface area (Å²) in [6, 6.07) is 8.65. The number of rotatable bonds is 7. The SMILES string of the molecule is CCOC(=O)C=Cc1ccc(NC(C)CC2(C)CCC(C)CC2)cc1. The monoisotopic (exact) mass is 343 g/mol. The highest BCUT2D eigenvalue weighted by Gasteiger charge is 2.30. The molecule has 1 fully saturated rings. The van der Waals surface area contributed by atoms with Crippen LogP contribution in [0.3, 0.4) is 0 Å². The highest BCUT2D eigenvalue weighted by molar-refractivity contribution is 5.87. The first-order valence-corrected chi connectivity index (χ1v) is 9.61. The van der Waals surface area contributed by atoms with Crippen molar-refractivity contribution in [2.24, 2.45) is 11.3 Å². The van der Waals surface area contributed by atoms with Crippen LogP contribution in [0.2, 0.25) is 0 Å². The molecule has 0 bridgehead atoms. The van der Waals surface area contributed by atoms with Gasteiger partial charge in [-0.3, -0.25) is 0 Å². The van der Waals surface area contributed by atoms with E-state index in [9.17, 15) is 4.79 Å². The first kappa shape index (κ1) is 19.6. The summed E-state index contributed by atoms with van der Waals surface area (Å²) in [6.45, 7) is 9.31. The molecule has 1 aliphatic rings. The van der Waals surface area contributed by atoms with E-state index in [-0.39, 0.29) is 5.97 Å². The predicted octanol–water partition coefficient (Wildman–Crippen LogP) is 5.67. The lowest BCUT2D eigenvalue weighted by atomic mass is 9.69. The molecule has 1 atom stereocenters. The lowest BCUT2D eigenvalue weighted by Crippen LogP contribution is -2.30. The molecular formula is C22H33NO2. The first-order chi connectivity index (χ1) is 11.9. The van der Waals surface area contributed by atoms with E-state index in [0.717, 1.165) is 17.2 Å². The van der Waals surface area contributed by atoms with Gasteiger partial charge in [-0.1, -0.05) is 38.8 Å². The minimum atomic E-state index is -0.298. The Hall–Kier alpha value is -1.77. The molecule has 0 amide bonds. The number of nitrogens with one attached hydrogen (secondary N) is 1. The van der Waals surface area contributed by atoms with Crippen LogP contribution in [0.1, 0.15) is 65.4 Å². The standard InChI is InChI=1S/C22H33NO2/c1-5-25-21(24)11-8-19-6-9-20(10-7-19)23-18(3)16-22(4)14-12-17(2)13-15-22/h6-11,17-18,23H,5,12-16H2,1-4H3. The van der Waals surface area contributed by atoms with Gasteiger partial charge >= 0.3 is 5.97 Å². The molecule has 0 aromatic heterocycles. The number of benzene rings is 1. The van der Waals surface area contributed by atoms with E-state index in [4.69, 9.17) is 4.74 Å². The molecule has 3 nitrogen and oxygen atoms in total. The van der Waals surface area contributed by atoms with E-state index in [1.54, 1.807) is 6.08 Å². The molecule has 1 aromatic rings. The summed E-state index contributed by atoms with van der Waals surface area (Å²) in [5.74, 6) is 0.597. The number of carbonyl (C=O) groups excluding carboxylic acids is 1. The Bertz CT molecular complexity index is 568. The number of anilines is 1. The number of hydrogen-bond acceptors (Lipinski definition) is 3. The van der Waals surface area contributed by atoms with Gasteiger partial charge in [0.25, 0.3) is 0 Å². The van der Waals surface area contributed by atoms with Crippen molar-refractivity contribution in [2.45, 2.75) is 65.8 Å². The third-order valence-electron chi connectivity index (χ3n) is 5.30. The number of ether oxygens (including phenoxy) is 1. The maximum Gasteiger partial charge on any atom is 0.330 e. The van der Waals surface area contributed by atoms with Gasteiger partial charge in [-0.15, -0.1) is 0 Å². The van der Waals surface area contributed by atoms with Gasteiger partial charge in [0.15, 0.2) is 0 Å². The Labute approximate surface area is 152 Å². The van der Waals surface area contributed by atoms with E-state index in [1.807, 2.05) is 19.1 Å². The molecule has 1 saturated carbocycles. The molecule has 2 rings (SSSR count). The normalized spacial score (nSPS) is 24.9. The second-order valence-corrected chi connectivity index (χ2v) is 7.95. The van der Waals surface area contributed by atoms with Gasteiger partial charge in [-0.05, 0) is 68.2 Å². The third kappa shape index (κ3) is 6.56. The fraction of sp³-hybridized carbons (Fsp3) is 0.591. The minimum Gasteiger partial charge on any atom is -0.463 e. The van der Waals surface area contributed by atoms with Crippen molar-refractivity contribution in [3.8, 4) is 0 Å². The maximum atomic E-state index is 11.3. The van der Waals surface area contributed by atoms with Gasteiger partial charge in [-0.2, -0.15) is 0 Å². The average Bonchev–Trinajstić information content (AvgIpc) is 2.57. The molecule has 0 aliphatic heterocycles. The summed E-state index contributed by atoms with van der Waals surface area (Å²) in [4.78, 5) is 11.3.